The number of rotatable bonds is 7. The molecule has 0 atom stereocenters. The number of ether oxygens (including phenoxy) is 3. The Hall–Kier alpha value is -3.65. The summed E-state index contributed by atoms with van der Waals surface area (Å²) in [6.45, 7) is 4.15. The van der Waals surface area contributed by atoms with Crippen LogP contribution in [0.1, 0.15) is 18.5 Å². The highest BCUT2D eigenvalue weighted by molar-refractivity contribution is 5.82. The summed E-state index contributed by atoms with van der Waals surface area (Å²) in [7, 11) is 0. The van der Waals surface area contributed by atoms with Gasteiger partial charge in [-0.2, -0.15) is 4.98 Å². The van der Waals surface area contributed by atoms with Crippen molar-refractivity contribution in [2.45, 2.75) is 19.8 Å². The van der Waals surface area contributed by atoms with Crippen molar-refractivity contribution >= 4 is 22.5 Å². The van der Waals surface area contributed by atoms with Gasteiger partial charge >= 0.3 is 0 Å². The summed E-state index contributed by atoms with van der Waals surface area (Å²) in [5, 5.41) is 3.64. The van der Waals surface area contributed by atoms with E-state index in [2.05, 4.69) is 20.3 Å². The fourth-order valence-corrected chi connectivity index (χ4v) is 3.86. The maximum absolute atomic E-state index is 14.8. The zero-order chi connectivity index (χ0) is 22.6. The van der Waals surface area contributed by atoms with Crippen molar-refractivity contribution in [3.05, 3.63) is 66.2 Å². The number of halogens is 1. The van der Waals surface area contributed by atoms with Crippen molar-refractivity contribution in [1.82, 2.24) is 15.0 Å². The van der Waals surface area contributed by atoms with Crippen LogP contribution >= 0.6 is 0 Å². The topological polar surface area (TPSA) is 81.3 Å². The molecule has 0 spiro atoms. The number of hydrogen-bond acceptors (Lipinski definition) is 6. The molecule has 0 radical (unpaired) electrons. The highest BCUT2D eigenvalue weighted by atomic mass is 19.1. The van der Waals surface area contributed by atoms with E-state index in [1.165, 1.54) is 0 Å². The molecular weight excluding hydrogens is 423 g/mol. The molecule has 7 nitrogen and oxygen atoms in total. The van der Waals surface area contributed by atoms with Gasteiger partial charge in [-0.25, -0.2) is 9.37 Å². The smallest absolute Gasteiger partial charge is 0.230 e. The fourth-order valence-electron chi connectivity index (χ4n) is 3.86. The number of benzene rings is 2. The summed E-state index contributed by atoms with van der Waals surface area (Å²) in [6.07, 6.45) is 3.61. The number of nitrogens with one attached hydrogen (secondary N) is 2. The molecule has 2 aromatic heterocycles. The molecule has 5 rings (SSSR count). The first-order chi connectivity index (χ1) is 16.1. The molecule has 3 heterocycles. The van der Waals surface area contributed by atoms with Crippen LogP contribution in [0.5, 0.6) is 17.4 Å². The van der Waals surface area contributed by atoms with E-state index in [0.717, 1.165) is 48.7 Å². The van der Waals surface area contributed by atoms with Crippen molar-refractivity contribution in [2.24, 2.45) is 5.92 Å². The Balaban J connectivity index is 1.26. The van der Waals surface area contributed by atoms with Crippen LogP contribution in [0.4, 0.5) is 16.0 Å². The van der Waals surface area contributed by atoms with Gasteiger partial charge in [-0.1, -0.05) is 6.07 Å². The second-order valence-corrected chi connectivity index (χ2v) is 8.13. The van der Waals surface area contributed by atoms with E-state index < -0.39 is 5.82 Å². The van der Waals surface area contributed by atoms with Crippen molar-refractivity contribution < 1.29 is 18.6 Å². The lowest BCUT2D eigenvalue weighted by Gasteiger charge is -2.22. The van der Waals surface area contributed by atoms with Crippen molar-refractivity contribution in [3.8, 4) is 17.4 Å². The second-order valence-electron chi connectivity index (χ2n) is 8.13. The molecule has 2 aromatic carbocycles. The molecule has 1 aliphatic rings. The molecule has 1 fully saturated rings. The lowest BCUT2D eigenvalue weighted by molar-refractivity contribution is 0.0497. The summed E-state index contributed by atoms with van der Waals surface area (Å²) in [5.41, 5.74) is 2.39. The van der Waals surface area contributed by atoms with Gasteiger partial charge in [0.2, 0.25) is 11.8 Å². The molecule has 170 valence electrons. The fraction of sp³-hybridized carbons (Fsp3) is 0.280. The summed E-state index contributed by atoms with van der Waals surface area (Å²) in [5.74, 6) is 1.55. The van der Waals surface area contributed by atoms with E-state index >= 15 is 0 Å². The van der Waals surface area contributed by atoms with Crippen molar-refractivity contribution in [3.63, 3.8) is 0 Å². The molecule has 0 unspecified atom stereocenters. The normalized spacial score (nSPS) is 14.4. The van der Waals surface area contributed by atoms with E-state index in [-0.39, 0.29) is 11.6 Å². The van der Waals surface area contributed by atoms with Crippen molar-refractivity contribution in [1.29, 1.82) is 0 Å². The van der Waals surface area contributed by atoms with Gasteiger partial charge in [-0.05, 0) is 56.0 Å². The van der Waals surface area contributed by atoms with Gasteiger partial charge in [0.05, 0.1) is 6.61 Å². The molecule has 33 heavy (non-hydrogen) atoms. The van der Waals surface area contributed by atoms with Gasteiger partial charge in [0, 0.05) is 53.8 Å². The first kappa shape index (κ1) is 21.2. The molecule has 0 aliphatic carbocycles. The van der Waals surface area contributed by atoms with Crippen LogP contribution in [0.3, 0.4) is 0 Å². The Bertz CT molecular complexity index is 1250. The minimum absolute atomic E-state index is 0.106. The molecular formula is C25H25FN4O3. The van der Waals surface area contributed by atoms with Crippen LogP contribution in [-0.2, 0) is 4.74 Å². The van der Waals surface area contributed by atoms with Crippen LogP contribution in [-0.4, -0.2) is 34.8 Å². The maximum Gasteiger partial charge on any atom is 0.230 e. The van der Waals surface area contributed by atoms with Crippen LogP contribution < -0.4 is 14.8 Å². The molecule has 1 saturated heterocycles. The first-order valence-electron chi connectivity index (χ1n) is 11.0. The molecule has 0 bridgehead atoms. The molecule has 2 N–H and O–H groups in total. The zero-order valence-electron chi connectivity index (χ0n) is 18.3. The van der Waals surface area contributed by atoms with Gasteiger partial charge in [0.25, 0.3) is 0 Å². The third-order valence-corrected chi connectivity index (χ3v) is 5.60. The van der Waals surface area contributed by atoms with E-state index in [4.69, 9.17) is 14.2 Å². The Labute approximate surface area is 190 Å². The van der Waals surface area contributed by atoms with Gasteiger partial charge in [0.15, 0.2) is 11.6 Å². The van der Waals surface area contributed by atoms with Crippen LogP contribution in [0.2, 0.25) is 0 Å². The van der Waals surface area contributed by atoms with E-state index in [0.29, 0.717) is 23.9 Å². The summed E-state index contributed by atoms with van der Waals surface area (Å²) < 4.78 is 31.9. The second kappa shape index (κ2) is 9.46. The lowest BCUT2D eigenvalue weighted by atomic mass is 10.0. The van der Waals surface area contributed by atoms with Crippen LogP contribution in [0.15, 0.2) is 54.7 Å². The Morgan fingerprint density at radius 1 is 1.15 bits per heavy atom. The zero-order valence-corrected chi connectivity index (χ0v) is 18.3. The number of anilines is 2. The minimum atomic E-state index is -0.431. The average Bonchev–Trinajstić information content (AvgIpc) is 3.22. The highest BCUT2D eigenvalue weighted by Gasteiger charge is 2.15. The number of aromatic nitrogens is 3. The predicted octanol–water partition coefficient (Wildman–Crippen LogP) is 5.75. The van der Waals surface area contributed by atoms with Gasteiger partial charge < -0.3 is 24.5 Å². The average molecular weight is 448 g/mol. The Morgan fingerprint density at radius 3 is 2.91 bits per heavy atom. The summed E-state index contributed by atoms with van der Waals surface area (Å²) >= 11 is 0. The number of H-pyrrole nitrogens is 1. The Morgan fingerprint density at radius 2 is 2.03 bits per heavy atom. The largest absolute Gasteiger partial charge is 0.493 e. The van der Waals surface area contributed by atoms with Gasteiger partial charge in [-0.15, -0.1) is 0 Å². The quantitative estimate of drug-likeness (QED) is 0.375. The highest BCUT2D eigenvalue weighted by Crippen LogP contribution is 2.30. The van der Waals surface area contributed by atoms with E-state index in [1.54, 1.807) is 30.5 Å². The molecule has 1 aliphatic heterocycles. The SMILES string of the molecule is Cc1cc2c(F)c(Oc3ccnc(Nc4cccc(OCC5CCOCC5)c4)n3)ccc2[nH]1. The number of aryl methyl sites for hydroxylation is 1. The number of hydrogen-bond donors (Lipinski definition) is 2. The van der Waals surface area contributed by atoms with Crippen molar-refractivity contribution in [2.75, 3.05) is 25.1 Å². The molecule has 4 aromatic rings. The van der Waals surface area contributed by atoms with Crippen LogP contribution in [0.25, 0.3) is 10.9 Å². The molecule has 0 amide bonds. The third kappa shape index (κ3) is 5.06. The first-order valence-corrected chi connectivity index (χ1v) is 11.0. The summed E-state index contributed by atoms with van der Waals surface area (Å²) in [6, 6.07) is 14.3. The lowest BCUT2D eigenvalue weighted by Crippen LogP contribution is -2.21. The van der Waals surface area contributed by atoms with Gasteiger partial charge in [0.1, 0.15) is 5.75 Å². The number of fused-ring (bicyclic) bond motifs is 1. The van der Waals surface area contributed by atoms with E-state index in [1.807, 2.05) is 31.2 Å². The van der Waals surface area contributed by atoms with Gasteiger partial charge in [-0.3, -0.25) is 0 Å². The minimum Gasteiger partial charge on any atom is -0.493 e. The van der Waals surface area contributed by atoms with Crippen LogP contribution in [0, 0.1) is 18.7 Å². The maximum atomic E-state index is 14.8. The van der Waals surface area contributed by atoms with E-state index in [9.17, 15) is 4.39 Å². The molecule has 0 saturated carbocycles. The molecule has 8 heteroatoms. The standard InChI is InChI=1S/C25H25FN4O3/c1-16-13-20-21(28-16)5-6-22(24(20)26)33-23-7-10-27-25(30-23)29-18-3-2-4-19(14-18)32-15-17-8-11-31-12-9-17/h2-7,10,13-14,17,28H,8-9,11-12,15H2,1H3,(H,27,29,30). The number of aromatic amines is 1. The Kier molecular flexibility index (Phi) is 6.08. The summed E-state index contributed by atoms with van der Waals surface area (Å²) in [4.78, 5) is 11.7. The predicted molar refractivity (Wildman–Crippen MR) is 124 cm³/mol. The monoisotopic (exact) mass is 448 g/mol. The third-order valence-electron chi connectivity index (χ3n) is 5.60. The number of nitrogens with zero attached hydrogens (tertiary/aromatic N) is 2.